The Morgan fingerprint density at radius 2 is 2.11 bits per heavy atom. The van der Waals surface area contributed by atoms with Crippen LogP contribution in [0.1, 0.15) is 26.2 Å². The lowest BCUT2D eigenvalue weighted by Crippen LogP contribution is -2.51. The van der Waals surface area contributed by atoms with E-state index in [4.69, 9.17) is 9.84 Å². The van der Waals surface area contributed by atoms with Crippen molar-refractivity contribution in [2.75, 3.05) is 19.8 Å². The molecule has 2 atom stereocenters. The van der Waals surface area contributed by atoms with Crippen LogP contribution in [0, 0.1) is 5.92 Å². The van der Waals surface area contributed by atoms with E-state index < -0.39 is 5.97 Å². The quantitative estimate of drug-likeness (QED) is 0.775. The summed E-state index contributed by atoms with van der Waals surface area (Å²) in [5.74, 6) is -0.689. The van der Waals surface area contributed by atoms with E-state index in [9.17, 15) is 9.59 Å². The maximum absolute atomic E-state index is 12.1. The summed E-state index contributed by atoms with van der Waals surface area (Å²) in [7, 11) is 0. The third-order valence-corrected chi connectivity index (χ3v) is 3.50. The van der Waals surface area contributed by atoms with Crippen LogP contribution in [0.15, 0.2) is 0 Å². The van der Waals surface area contributed by atoms with Gasteiger partial charge in [-0.15, -0.1) is 0 Å². The van der Waals surface area contributed by atoms with Crippen LogP contribution in [0.3, 0.4) is 0 Å². The first kappa shape index (κ1) is 13.1. The number of rotatable bonds is 4. The third-order valence-electron chi connectivity index (χ3n) is 3.50. The molecule has 2 aliphatic rings. The first-order valence-electron chi connectivity index (χ1n) is 6.44. The number of aliphatic carboxylic acids is 1. The normalized spacial score (nSPS) is 27.6. The maximum atomic E-state index is 12.1. The average Bonchev–Trinajstić information content (AvgIpc) is 3.12. The number of nitrogens with zero attached hydrogens (tertiary/aromatic N) is 1. The highest BCUT2D eigenvalue weighted by Gasteiger charge is 2.35. The molecular weight excluding hydrogens is 236 g/mol. The Kier molecular flexibility index (Phi) is 4.06. The summed E-state index contributed by atoms with van der Waals surface area (Å²) in [4.78, 5) is 24.3. The lowest BCUT2D eigenvalue weighted by Gasteiger charge is -2.32. The largest absolute Gasteiger partial charge is 0.480 e. The monoisotopic (exact) mass is 256 g/mol. The molecule has 0 aromatic carbocycles. The van der Waals surface area contributed by atoms with Crippen LogP contribution in [0.25, 0.3) is 0 Å². The Morgan fingerprint density at radius 3 is 2.67 bits per heavy atom. The molecule has 2 N–H and O–H groups in total. The second-order valence-electron chi connectivity index (χ2n) is 5.15. The molecule has 6 heteroatoms. The van der Waals surface area contributed by atoms with Crippen molar-refractivity contribution in [3.63, 3.8) is 0 Å². The van der Waals surface area contributed by atoms with E-state index in [1.54, 1.807) is 0 Å². The van der Waals surface area contributed by atoms with Crippen molar-refractivity contribution >= 4 is 12.0 Å². The molecule has 0 aromatic rings. The van der Waals surface area contributed by atoms with Crippen molar-refractivity contribution in [3.8, 4) is 0 Å². The van der Waals surface area contributed by atoms with E-state index in [2.05, 4.69) is 5.32 Å². The summed E-state index contributed by atoms with van der Waals surface area (Å²) in [5, 5.41) is 11.8. The number of carbonyl (C=O) groups is 2. The van der Waals surface area contributed by atoms with Crippen molar-refractivity contribution in [3.05, 3.63) is 0 Å². The van der Waals surface area contributed by atoms with Gasteiger partial charge in [0.1, 0.15) is 6.54 Å². The van der Waals surface area contributed by atoms with Gasteiger partial charge in [-0.3, -0.25) is 4.79 Å². The number of hydrogen-bond donors (Lipinski definition) is 2. The smallest absolute Gasteiger partial charge is 0.323 e. The molecule has 2 fully saturated rings. The van der Waals surface area contributed by atoms with Crippen LogP contribution in [-0.2, 0) is 9.53 Å². The molecule has 0 radical (unpaired) electrons. The van der Waals surface area contributed by atoms with Gasteiger partial charge in [0.05, 0.1) is 6.61 Å². The molecule has 2 rings (SSSR count). The van der Waals surface area contributed by atoms with E-state index in [1.807, 2.05) is 6.92 Å². The molecule has 1 saturated carbocycles. The second kappa shape index (κ2) is 5.56. The topological polar surface area (TPSA) is 78.9 Å². The van der Waals surface area contributed by atoms with Gasteiger partial charge in [0.15, 0.2) is 0 Å². The molecule has 0 aromatic heterocycles. The van der Waals surface area contributed by atoms with Gasteiger partial charge >= 0.3 is 12.0 Å². The predicted octanol–water partition coefficient (Wildman–Crippen LogP) is 0.670. The van der Waals surface area contributed by atoms with E-state index in [-0.39, 0.29) is 30.6 Å². The first-order chi connectivity index (χ1) is 8.58. The maximum Gasteiger partial charge on any atom is 0.323 e. The van der Waals surface area contributed by atoms with Crippen LogP contribution in [-0.4, -0.2) is 53.8 Å². The van der Waals surface area contributed by atoms with Gasteiger partial charge in [0.2, 0.25) is 0 Å². The molecule has 0 bridgehead atoms. The molecule has 18 heavy (non-hydrogen) atoms. The second-order valence-corrected chi connectivity index (χ2v) is 5.15. The zero-order valence-electron chi connectivity index (χ0n) is 10.6. The fraction of sp³-hybridized carbons (Fsp3) is 0.833. The van der Waals surface area contributed by atoms with E-state index in [1.165, 1.54) is 4.90 Å². The highest BCUT2D eigenvalue weighted by Crippen LogP contribution is 2.27. The molecule has 1 saturated heterocycles. The number of carboxylic acids is 1. The minimum atomic E-state index is -0.961. The molecule has 2 unspecified atom stereocenters. The SMILES string of the molecule is CC1COCCC1NC(=O)N(CC(=O)O)C1CC1. The number of amides is 2. The lowest BCUT2D eigenvalue weighted by molar-refractivity contribution is -0.137. The third kappa shape index (κ3) is 3.35. The van der Waals surface area contributed by atoms with Gasteiger partial charge in [-0.2, -0.15) is 0 Å². The summed E-state index contributed by atoms with van der Waals surface area (Å²) in [5.41, 5.74) is 0. The molecule has 6 nitrogen and oxygen atoms in total. The highest BCUT2D eigenvalue weighted by atomic mass is 16.5. The summed E-state index contributed by atoms with van der Waals surface area (Å²) in [6.07, 6.45) is 2.60. The molecule has 2 amide bonds. The Hall–Kier alpha value is -1.30. The summed E-state index contributed by atoms with van der Waals surface area (Å²) >= 11 is 0. The van der Waals surface area contributed by atoms with Gasteiger partial charge in [-0.1, -0.05) is 6.92 Å². The molecule has 102 valence electrons. The fourth-order valence-electron chi connectivity index (χ4n) is 2.23. The van der Waals surface area contributed by atoms with Crippen molar-refractivity contribution in [1.29, 1.82) is 0 Å². The van der Waals surface area contributed by atoms with Crippen molar-refractivity contribution in [2.45, 2.75) is 38.3 Å². The summed E-state index contributed by atoms with van der Waals surface area (Å²) in [6.45, 7) is 3.11. The first-order valence-corrected chi connectivity index (χ1v) is 6.44. The van der Waals surface area contributed by atoms with Gasteiger partial charge in [0, 0.05) is 18.7 Å². The molecule has 1 aliphatic carbocycles. The van der Waals surface area contributed by atoms with Crippen molar-refractivity contribution in [2.24, 2.45) is 5.92 Å². The van der Waals surface area contributed by atoms with E-state index >= 15 is 0 Å². The standard InChI is InChI=1S/C12H20N2O4/c1-8-7-18-5-4-10(8)13-12(17)14(6-11(15)16)9-2-3-9/h8-10H,2-7H2,1H3,(H,13,17)(H,15,16). The minimum Gasteiger partial charge on any atom is -0.480 e. The summed E-state index contributed by atoms with van der Waals surface area (Å²) in [6, 6.07) is -0.0591. The lowest BCUT2D eigenvalue weighted by atomic mass is 9.98. The fourth-order valence-corrected chi connectivity index (χ4v) is 2.23. The van der Waals surface area contributed by atoms with E-state index in [0.717, 1.165) is 19.3 Å². The number of ether oxygens (including phenoxy) is 1. The Labute approximate surface area is 106 Å². The van der Waals surface area contributed by atoms with Crippen LogP contribution in [0.2, 0.25) is 0 Å². The number of urea groups is 1. The minimum absolute atomic E-state index is 0.0845. The Morgan fingerprint density at radius 1 is 1.39 bits per heavy atom. The predicted molar refractivity (Wildman–Crippen MR) is 64.3 cm³/mol. The number of carboxylic acid groups (broad SMARTS) is 1. The summed E-state index contributed by atoms with van der Waals surface area (Å²) < 4.78 is 5.32. The molecule has 0 spiro atoms. The number of hydrogen-bond acceptors (Lipinski definition) is 3. The van der Waals surface area contributed by atoms with Crippen molar-refractivity contribution < 1.29 is 19.4 Å². The van der Waals surface area contributed by atoms with Crippen LogP contribution >= 0.6 is 0 Å². The zero-order valence-corrected chi connectivity index (χ0v) is 10.6. The average molecular weight is 256 g/mol. The van der Waals surface area contributed by atoms with Gasteiger partial charge < -0.3 is 20.1 Å². The van der Waals surface area contributed by atoms with Gasteiger partial charge in [-0.25, -0.2) is 4.79 Å². The van der Waals surface area contributed by atoms with E-state index in [0.29, 0.717) is 13.2 Å². The highest BCUT2D eigenvalue weighted by molar-refractivity contribution is 5.80. The number of carbonyl (C=O) groups excluding carboxylic acids is 1. The van der Waals surface area contributed by atoms with Gasteiger partial charge in [-0.05, 0) is 25.2 Å². The van der Waals surface area contributed by atoms with Crippen LogP contribution in [0.5, 0.6) is 0 Å². The Bertz CT molecular complexity index is 330. The zero-order chi connectivity index (χ0) is 13.1. The van der Waals surface area contributed by atoms with Crippen LogP contribution in [0.4, 0.5) is 4.79 Å². The van der Waals surface area contributed by atoms with Crippen LogP contribution < -0.4 is 5.32 Å². The molecule has 1 heterocycles. The molecular formula is C12H20N2O4. The Balaban J connectivity index is 1.89. The molecule has 1 aliphatic heterocycles. The van der Waals surface area contributed by atoms with Gasteiger partial charge in [0.25, 0.3) is 0 Å². The van der Waals surface area contributed by atoms with Crippen molar-refractivity contribution in [1.82, 2.24) is 10.2 Å². The number of nitrogens with one attached hydrogen (secondary N) is 1.